The normalized spacial score (nSPS) is 10.2. The fourth-order valence-electron chi connectivity index (χ4n) is 1.98. The Hall–Kier alpha value is -2.04. The van der Waals surface area contributed by atoms with Crippen molar-refractivity contribution in [1.82, 2.24) is 9.80 Å². The first-order chi connectivity index (χ1) is 9.40. The zero-order valence-electron chi connectivity index (χ0n) is 12.5. The Labute approximate surface area is 119 Å². The van der Waals surface area contributed by atoms with Crippen LogP contribution in [0.1, 0.15) is 29.8 Å². The number of likely N-dealkylation sites (N-methyl/N-ethyl adjacent to an activating group) is 2. The predicted molar refractivity (Wildman–Crippen MR) is 77.7 cm³/mol. The lowest BCUT2D eigenvalue weighted by atomic mass is 10.1. The number of carbonyl (C=O) groups is 2. The molecule has 0 heterocycles. The average Bonchev–Trinajstić information content (AvgIpc) is 2.42. The van der Waals surface area contributed by atoms with Crippen LogP contribution in [0.15, 0.2) is 18.2 Å². The number of hydrogen-bond donors (Lipinski definition) is 1. The quantitative estimate of drug-likeness (QED) is 0.890. The van der Waals surface area contributed by atoms with Crippen LogP contribution in [0.4, 0.5) is 0 Å². The van der Waals surface area contributed by atoms with Crippen LogP contribution >= 0.6 is 0 Å². The maximum atomic E-state index is 12.2. The van der Waals surface area contributed by atoms with Gasteiger partial charge in [0.05, 0.1) is 12.1 Å². The second-order valence-corrected chi connectivity index (χ2v) is 4.75. The molecule has 110 valence electrons. The van der Waals surface area contributed by atoms with Gasteiger partial charge in [0.15, 0.2) is 0 Å². The monoisotopic (exact) mass is 278 g/mol. The van der Waals surface area contributed by atoms with Crippen LogP contribution in [0.5, 0.6) is 5.75 Å². The average molecular weight is 278 g/mol. The van der Waals surface area contributed by atoms with Crippen LogP contribution in [0.2, 0.25) is 0 Å². The number of aromatic hydroxyl groups is 1. The van der Waals surface area contributed by atoms with Crippen LogP contribution in [-0.2, 0) is 4.79 Å². The molecule has 1 aromatic rings. The maximum absolute atomic E-state index is 12.2. The van der Waals surface area contributed by atoms with E-state index >= 15 is 0 Å². The summed E-state index contributed by atoms with van der Waals surface area (Å²) in [6.07, 6.45) is 0. The van der Waals surface area contributed by atoms with E-state index in [-0.39, 0.29) is 29.7 Å². The molecule has 0 aliphatic rings. The van der Waals surface area contributed by atoms with Crippen molar-refractivity contribution in [2.24, 2.45) is 0 Å². The standard InChI is InChI=1S/C15H22N2O3/c1-5-17(6-2)14(19)10-16(4)15(20)12-9-11(3)7-8-13(12)18/h7-9,18H,5-6,10H2,1-4H3. The van der Waals surface area contributed by atoms with E-state index < -0.39 is 0 Å². The molecule has 0 spiro atoms. The molecule has 0 aromatic heterocycles. The number of phenols is 1. The Bertz CT molecular complexity index is 496. The van der Waals surface area contributed by atoms with Gasteiger partial charge < -0.3 is 14.9 Å². The molecule has 0 saturated carbocycles. The molecular formula is C15H22N2O3. The Morgan fingerprint density at radius 1 is 1.20 bits per heavy atom. The summed E-state index contributed by atoms with van der Waals surface area (Å²) in [6, 6.07) is 4.84. The molecule has 0 aliphatic carbocycles. The number of amides is 2. The summed E-state index contributed by atoms with van der Waals surface area (Å²) >= 11 is 0. The lowest BCUT2D eigenvalue weighted by molar-refractivity contribution is -0.131. The van der Waals surface area contributed by atoms with Gasteiger partial charge in [0.1, 0.15) is 5.75 Å². The van der Waals surface area contributed by atoms with E-state index in [0.29, 0.717) is 13.1 Å². The summed E-state index contributed by atoms with van der Waals surface area (Å²) in [5.74, 6) is -0.521. The van der Waals surface area contributed by atoms with Gasteiger partial charge in [-0.2, -0.15) is 0 Å². The highest BCUT2D eigenvalue weighted by Crippen LogP contribution is 2.19. The number of rotatable bonds is 5. The first-order valence-corrected chi connectivity index (χ1v) is 6.73. The van der Waals surface area contributed by atoms with Gasteiger partial charge in [0, 0.05) is 20.1 Å². The summed E-state index contributed by atoms with van der Waals surface area (Å²) < 4.78 is 0. The molecule has 1 N–H and O–H groups in total. The molecule has 0 aliphatic heterocycles. The Balaban J connectivity index is 2.82. The molecule has 20 heavy (non-hydrogen) atoms. The van der Waals surface area contributed by atoms with Gasteiger partial charge in [-0.05, 0) is 32.9 Å². The van der Waals surface area contributed by atoms with E-state index in [2.05, 4.69) is 0 Å². The summed E-state index contributed by atoms with van der Waals surface area (Å²) in [4.78, 5) is 27.2. The number of aryl methyl sites for hydroxylation is 1. The van der Waals surface area contributed by atoms with E-state index in [0.717, 1.165) is 5.56 Å². The maximum Gasteiger partial charge on any atom is 0.257 e. The first-order valence-electron chi connectivity index (χ1n) is 6.73. The van der Waals surface area contributed by atoms with E-state index in [1.54, 1.807) is 24.1 Å². The van der Waals surface area contributed by atoms with Crippen molar-refractivity contribution in [3.8, 4) is 5.75 Å². The van der Waals surface area contributed by atoms with Crippen molar-refractivity contribution in [3.05, 3.63) is 29.3 Å². The SMILES string of the molecule is CCN(CC)C(=O)CN(C)C(=O)c1cc(C)ccc1O. The molecular weight excluding hydrogens is 256 g/mol. The van der Waals surface area contributed by atoms with Crippen molar-refractivity contribution in [1.29, 1.82) is 0 Å². The van der Waals surface area contributed by atoms with Crippen molar-refractivity contribution < 1.29 is 14.7 Å². The lowest BCUT2D eigenvalue weighted by Crippen LogP contribution is -2.41. The molecule has 1 aromatic carbocycles. The third-order valence-electron chi connectivity index (χ3n) is 3.22. The molecule has 0 atom stereocenters. The number of phenolic OH excluding ortho intramolecular Hbond substituents is 1. The minimum atomic E-state index is -0.355. The van der Waals surface area contributed by atoms with Crippen molar-refractivity contribution in [2.75, 3.05) is 26.7 Å². The van der Waals surface area contributed by atoms with Crippen LogP contribution in [0.25, 0.3) is 0 Å². The summed E-state index contributed by atoms with van der Waals surface area (Å²) in [6.45, 7) is 6.89. The minimum absolute atomic E-state index is 0.00783. The summed E-state index contributed by atoms with van der Waals surface area (Å²) in [5.41, 5.74) is 1.11. The van der Waals surface area contributed by atoms with E-state index in [1.807, 2.05) is 20.8 Å². The largest absolute Gasteiger partial charge is 0.507 e. The fraction of sp³-hybridized carbons (Fsp3) is 0.467. The molecule has 5 nitrogen and oxygen atoms in total. The molecule has 1 rings (SSSR count). The number of hydrogen-bond acceptors (Lipinski definition) is 3. The number of benzene rings is 1. The van der Waals surface area contributed by atoms with Gasteiger partial charge in [-0.15, -0.1) is 0 Å². The van der Waals surface area contributed by atoms with Crippen LogP contribution < -0.4 is 0 Å². The first kappa shape index (κ1) is 16.0. The smallest absolute Gasteiger partial charge is 0.257 e. The number of nitrogens with zero attached hydrogens (tertiary/aromatic N) is 2. The summed E-state index contributed by atoms with van der Waals surface area (Å²) in [5, 5.41) is 9.75. The second-order valence-electron chi connectivity index (χ2n) is 4.75. The Morgan fingerprint density at radius 3 is 2.35 bits per heavy atom. The molecule has 2 amide bonds. The predicted octanol–water partition coefficient (Wildman–Crippen LogP) is 1.64. The highest BCUT2D eigenvalue weighted by atomic mass is 16.3. The van der Waals surface area contributed by atoms with Gasteiger partial charge in [-0.3, -0.25) is 9.59 Å². The van der Waals surface area contributed by atoms with Gasteiger partial charge >= 0.3 is 0 Å². The van der Waals surface area contributed by atoms with Crippen LogP contribution in [-0.4, -0.2) is 53.4 Å². The molecule has 5 heteroatoms. The van der Waals surface area contributed by atoms with Crippen molar-refractivity contribution in [2.45, 2.75) is 20.8 Å². The molecule has 0 radical (unpaired) electrons. The van der Waals surface area contributed by atoms with E-state index in [9.17, 15) is 14.7 Å². The highest BCUT2D eigenvalue weighted by molar-refractivity contribution is 5.98. The van der Waals surface area contributed by atoms with Gasteiger partial charge in [-0.1, -0.05) is 11.6 Å². The Kier molecular flexibility index (Phi) is 5.55. The fourth-order valence-corrected chi connectivity index (χ4v) is 1.98. The highest BCUT2D eigenvalue weighted by Gasteiger charge is 2.20. The van der Waals surface area contributed by atoms with Crippen molar-refractivity contribution in [3.63, 3.8) is 0 Å². The molecule has 0 unspecified atom stereocenters. The van der Waals surface area contributed by atoms with E-state index in [1.165, 1.54) is 11.0 Å². The van der Waals surface area contributed by atoms with Crippen molar-refractivity contribution >= 4 is 11.8 Å². The van der Waals surface area contributed by atoms with Crippen LogP contribution in [0, 0.1) is 6.92 Å². The second kappa shape index (κ2) is 6.93. The third-order valence-corrected chi connectivity index (χ3v) is 3.22. The zero-order chi connectivity index (χ0) is 15.3. The zero-order valence-corrected chi connectivity index (χ0v) is 12.5. The molecule has 0 fully saturated rings. The third kappa shape index (κ3) is 3.73. The number of carbonyl (C=O) groups excluding carboxylic acids is 2. The van der Waals surface area contributed by atoms with E-state index in [4.69, 9.17) is 0 Å². The van der Waals surface area contributed by atoms with Gasteiger partial charge in [0.25, 0.3) is 5.91 Å². The molecule has 0 bridgehead atoms. The topological polar surface area (TPSA) is 60.9 Å². The van der Waals surface area contributed by atoms with Gasteiger partial charge in [-0.25, -0.2) is 0 Å². The molecule has 0 saturated heterocycles. The summed E-state index contributed by atoms with van der Waals surface area (Å²) in [7, 11) is 1.56. The van der Waals surface area contributed by atoms with Crippen LogP contribution in [0.3, 0.4) is 0 Å². The lowest BCUT2D eigenvalue weighted by Gasteiger charge is -2.23. The Morgan fingerprint density at radius 2 is 1.80 bits per heavy atom. The van der Waals surface area contributed by atoms with Gasteiger partial charge in [0.2, 0.25) is 5.91 Å². The minimum Gasteiger partial charge on any atom is -0.507 e.